The van der Waals surface area contributed by atoms with Crippen LogP contribution >= 0.6 is 12.4 Å². The summed E-state index contributed by atoms with van der Waals surface area (Å²) in [5.74, 6) is 0.735. The number of hydrogen-bond acceptors (Lipinski definition) is 3. The summed E-state index contributed by atoms with van der Waals surface area (Å²) in [6.07, 6.45) is 5.92. The molecular weight excluding hydrogens is 350 g/mol. The summed E-state index contributed by atoms with van der Waals surface area (Å²) >= 11 is 0. The maximum Gasteiger partial charge on any atom is 0.246 e. The van der Waals surface area contributed by atoms with Crippen molar-refractivity contribution in [3.8, 4) is 0 Å². The summed E-state index contributed by atoms with van der Waals surface area (Å²) in [6.45, 7) is 3.06. The van der Waals surface area contributed by atoms with E-state index in [9.17, 15) is 9.59 Å². The van der Waals surface area contributed by atoms with Crippen molar-refractivity contribution in [2.75, 3.05) is 33.2 Å². The molecule has 0 radical (unpaired) electrons. The van der Waals surface area contributed by atoms with Crippen molar-refractivity contribution in [1.29, 1.82) is 0 Å². The number of fused-ring (bicyclic) bond motifs is 1. The molecule has 2 fully saturated rings. The molecule has 2 atom stereocenters. The lowest BCUT2D eigenvalue weighted by Crippen LogP contribution is -2.57. The number of amides is 2. The fourth-order valence-corrected chi connectivity index (χ4v) is 3.91. The van der Waals surface area contributed by atoms with Gasteiger partial charge in [-0.2, -0.15) is 0 Å². The van der Waals surface area contributed by atoms with Crippen molar-refractivity contribution < 1.29 is 9.59 Å². The minimum Gasteiger partial charge on any atom is -0.339 e. The molecule has 3 rings (SSSR count). The van der Waals surface area contributed by atoms with Gasteiger partial charge in [-0.15, -0.1) is 12.4 Å². The van der Waals surface area contributed by atoms with E-state index >= 15 is 0 Å². The van der Waals surface area contributed by atoms with Gasteiger partial charge in [-0.25, -0.2) is 0 Å². The molecule has 5 nitrogen and oxygen atoms in total. The van der Waals surface area contributed by atoms with E-state index in [-0.39, 0.29) is 30.3 Å². The molecule has 2 aliphatic rings. The highest BCUT2D eigenvalue weighted by Crippen LogP contribution is 2.31. The number of nitrogens with one attached hydrogen (secondary N) is 1. The van der Waals surface area contributed by atoms with E-state index in [1.807, 2.05) is 53.3 Å². The number of hydrogen-bond donors (Lipinski definition) is 1. The number of carbonyl (C=O) groups is 2. The Hall–Kier alpha value is -1.85. The van der Waals surface area contributed by atoms with Crippen molar-refractivity contribution in [3.63, 3.8) is 0 Å². The first kappa shape index (κ1) is 20.5. The van der Waals surface area contributed by atoms with Crippen molar-refractivity contribution in [2.45, 2.75) is 25.3 Å². The SMILES string of the molecule is CNCCN1C(=O)CC[C@H]2CN(C(=O)C=Cc3ccccc3)CC[C@H]21.Cl. The Bertz CT molecular complexity index is 635. The van der Waals surface area contributed by atoms with Crippen molar-refractivity contribution in [1.82, 2.24) is 15.1 Å². The van der Waals surface area contributed by atoms with Crippen molar-refractivity contribution in [2.24, 2.45) is 5.92 Å². The first-order chi connectivity index (χ1) is 12.2. The summed E-state index contributed by atoms with van der Waals surface area (Å²) in [4.78, 5) is 28.7. The fourth-order valence-electron chi connectivity index (χ4n) is 3.91. The third-order valence-electron chi connectivity index (χ3n) is 5.28. The van der Waals surface area contributed by atoms with Crippen LogP contribution in [-0.4, -0.2) is 60.9 Å². The Morgan fingerprint density at radius 3 is 2.77 bits per heavy atom. The van der Waals surface area contributed by atoms with E-state index in [4.69, 9.17) is 0 Å². The zero-order valence-corrected chi connectivity index (χ0v) is 16.1. The molecule has 26 heavy (non-hydrogen) atoms. The van der Waals surface area contributed by atoms with E-state index in [0.29, 0.717) is 12.3 Å². The predicted octanol–water partition coefficient (Wildman–Crippen LogP) is 2.18. The molecule has 2 saturated heterocycles. The van der Waals surface area contributed by atoms with Crippen molar-refractivity contribution in [3.05, 3.63) is 42.0 Å². The number of likely N-dealkylation sites (N-methyl/N-ethyl adjacent to an activating group) is 1. The number of benzene rings is 1. The third-order valence-corrected chi connectivity index (χ3v) is 5.28. The quantitative estimate of drug-likeness (QED) is 0.800. The number of nitrogens with zero attached hydrogens (tertiary/aromatic N) is 2. The highest BCUT2D eigenvalue weighted by molar-refractivity contribution is 5.92. The van der Waals surface area contributed by atoms with Gasteiger partial charge in [-0.3, -0.25) is 9.59 Å². The normalized spacial score (nSPS) is 22.9. The van der Waals surface area contributed by atoms with Crippen LogP contribution in [0.3, 0.4) is 0 Å². The molecule has 0 bridgehead atoms. The van der Waals surface area contributed by atoms with Crippen LogP contribution in [0.5, 0.6) is 0 Å². The molecular formula is C20H28ClN3O2. The molecule has 1 N–H and O–H groups in total. The van der Waals surface area contributed by atoms with Gasteiger partial charge in [0.2, 0.25) is 11.8 Å². The molecule has 0 spiro atoms. The summed E-state index contributed by atoms with van der Waals surface area (Å²) in [5.41, 5.74) is 1.03. The smallest absolute Gasteiger partial charge is 0.246 e. The third kappa shape index (κ3) is 4.86. The average molecular weight is 378 g/mol. The van der Waals surface area contributed by atoms with E-state index in [2.05, 4.69) is 5.32 Å². The Labute approximate surface area is 161 Å². The van der Waals surface area contributed by atoms with Gasteiger partial charge in [0.25, 0.3) is 0 Å². The number of piperidine rings is 2. The van der Waals surface area contributed by atoms with Crippen LogP contribution < -0.4 is 5.32 Å². The van der Waals surface area contributed by atoms with Gasteiger partial charge in [0, 0.05) is 44.7 Å². The van der Waals surface area contributed by atoms with Gasteiger partial charge in [0.1, 0.15) is 0 Å². The summed E-state index contributed by atoms with van der Waals surface area (Å²) in [7, 11) is 1.91. The molecule has 2 amide bonds. The van der Waals surface area contributed by atoms with E-state index < -0.39 is 0 Å². The van der Waals surface area contributed by atoms with Crippen LogP contribution in [0.1, 0.15) is 24.8 Å². The molecule has 0 aliphatic carbocycles. The maximum atomic E-state index is 12.5. The zero-order chi connectivity index (χ0) is 17.6. The van der Waals surface area contributed by atoms with Gasteiger partial charge in [0.05, 0.1) is 0 Å². The number of rotatable bonds is 5. The monoisotopic (exact) mass is 377 g/mol. The zero-order valence-electron chi connectivity index (χ0n) is 15.3. The second-order valence-corrected chi connectivity index (χ2v) is 6.87. The Morgan fingerprint density at radius 1 is 1.27 bits per heavy atom. The number of likely N-dealkylation sites (tertiary alicyclic amines) is 2. The van der Waals surface area contributed by atoms with Gasteiger partial charge < -0.3 is 15.1 Å². The molecule has 6 heteroatoms. The summed E-state index contributed by atoms with van der Waals surface area (Å²) in [5, 5.41) is 3.12. The van der Waals surface area contributed by atoms with Crippen LogP contribution in [0.4, 0.5) is 0 Å². The van der Waals surface area contributed by atoms with Crippen LogP contribution in [-0.2, 0) is 9.59 Å². The molecule has 1 aromatic rings. The molecule has 0 saturated carbocycles. The average Bonchev–Trinajstić information content (AvgIpc) is 2.66. The minimum absolute atomic E-state index is 0. The summed E-state index contributed by atoms with van der Waals surface area (Å²) < 4.78 is 0. The molecule has 1 aromatic carbocycles. The predicted molar refractivity (Wildman–Crippen MR) is 106 cm³/mol. The Morgan fingerprint density at radius 2 is 2.04 bits per heavy atom. The largest absolute Gasteiger partial charge is 0.339 e. The summed E-state index contributed by atoms with van der Waals surface area (Å²) in [6, 6.07) is 10.2. The topological polar surface area (TPSA) is 52.7 Å². The highest BCUT2D eigenvalue weighted by atomic mass is 35.5. The van der Waals surface area contributed by atoms with Gasteiger partial charge in [0.15, 0.2) is 0 Å². The van der Waals surface area contributed by atoms with E-state index in [1.54, 1.807) is 6.08 Å². The second-order valence-electron chi connectivity index (χ2n) is 6.87. The van der Waals surface area contributed by atoms with E-state index in [1.165, 1.54) is 0 Å². The lowest BCUT2D eigenvalue weighted by Gasteiger charge is -2.47. The minimum atomic E-state index is 0. The first-order valence-electron chi connectivity index (χ1n) is 9.15. The van der Waals surface area contributed by atoms with Crippen LogP contribution in [0.15, 0.2) is 36.4 Å². The van der Waals surface area contributed by atoms with Crippen molar-refractivity contribution >= 4 is 30.3 Å². The first-order valence-corrected chi connectivity index (χ1v) is 9.15. The fraction of sp³-hybridized carbons (Fsp3) is 0.500. The van der Waals surface area contributed by atoms with Crippen LogP contribution in [0, 0.1) is 5.92 Å². The second kappa shape index (κ2) is 9.74. The van der Waals surface area contributed by atoms with Gasteiger partial charge in [-0.1, -0.05) is 30.3 Å². The van der Waals surface area contributed by atoms with E-state index in [0.717, 1.165) is 44.6 Å². The molecule has 2 heterocycles. The van der Waals surface area contributed by atoms with Gasteiger partial charge in [-0.05, 0) is 37.4 Å². The molecule has 2 aliphatic heterocycles. The lowest BCUT2D eigenvalue weighted by atomic mass is 9.83. The highest BCUT2D eigenvalue weighted by Gasteiger charge is 2.39. The van der Waals surface area contributed by atoms with Crippen LogP contribution in [0.25, 0.3) is 6.08 Å². The molecule has 0 aromatic heterocycles. The lowest BCUT2D eigenvalue weighted by molar-refractivity contribution is -0.142. The maximum absolute atomic E-state index is 12.5. The number of halogens is 1. The van der Waals surface area contributed by atoms with Crippen LogP contribution in [0.2, 0.25) is 0 Å². The molecule has 0 unspecified atom stereocenters. The standard InChI is InChI=1S/C20H27N3O2.ClH/c1-21-12-14-23-18-11-13-22(15-17(18)8-10-20(23)25)19(24)9-7-16-5-3-2-4-6-16;/h2-7,9,17-18,21H,8,10-15H2,1H3;1H/t17-,18+;/m0./s1. The Balaban J connectivity index is 0.00000243. The molecule has 142 valence electrons. The Kier molecular flexibility index (Phi) is 7.66. The number of carbonyl (C=O) groups excluding carboxylic acids is 2. The van der Waals surface area contributed by atoms with Gasteiger partial charge >= 0.3 is 0 Å².